The fourth-order valence-electron chi connectivity index (χ4n) is 5.01. The van der Waals surface area contributed by atoms with Crippen molar-refractivity contribution in [2.24, 2.45) is 0 Å². The highest BCUT2D eigenvalue weighted by atomic mass is 16.6. The molecule has 0 aromatic heterocycles. The molecule has 3 aromatic rings. The molecule has 0 aliphatic carbocycles. The minimum Gasteiger partial charge on any atom is -0.497 e. The number of esters is 3. The van der Waals surface area contributed by atoms with Crippen molar-refractivity contribution < 1.29 is 57.1 Å². The Morgan fingerprint density at radius 3 is 1.39 bits per heavy atom. The summed E-state index contributed by atoms with van der Waals surface area (Å²) < 4.78 is 37.2. The van der Waals surface area contributed by atoms with Crippen LogP contribution in [0.2, 0.25) is 0 Å². The van der Waals surface area contributed by atoms with Crippen LogP contribution in [0.3, 0.4) is 0 Å². The molecule has 0 bridgehead atoms. The molecule has 3 N–H and O–H groups in total. The SMILES string of the molecule is COc1ccc(COC(=O)CCC(NC(=O)N[C@H](CCCCNC(=O)OC(C)(C)C)C(=O)OCc2ccc(OC)cc2)C(=O)OCc2ccc(OC)cc2)cc1. The molecular weight excluding hydrogens is 726 g/mol. The molecule has 56 heavy (non-hydrogen) atoms. The molecule has 0 spiro atoms. The van der Waals surface area contributed by atoms with Gasteiger partial charge >= 0.3 is 30.0 Å². The molecule has 0 aliphatic heterocycles. The van der Waals surface area contributed by atoms with E-state index in [-0.39, 0.29) is 45.6 Å². The summed E-state index contributed by atoms with van der Waals surface area (Å²) in [6.45, 7) is 5.36. The third-order valence-electron chi connectivity index (χ3n) is 8.04. The second-order valence-electron chi connectivity index (χ2n) is 13.6. The van der Waals surface area contributed by atoms with Crippen LogP contribution >= 0.6 is 0 Å². The zero-order chi connectivity index (χ0) is 40.9. The second kappa shape index (κ2) is 23.0. The van der Waals surface area contributed by atoms with Crippen molar-refractivity contribution in [3.05, 3.63) is 89.5 Å². The Kier molecular flexibility index (Phi) is 18.3. The first-order valence-electron chi connectivity index (χ1n) is 18.2. The Hall–Kier alpha value is -5.99. The monoisotopic (exact) mass is 779 g/mol. The summed E-state index contributed by atoms with van der Waals surface area (Å²) >= 11 is 0. The number of ether oxygens (including phenoxy) is 7. The van der Waals surface area contributed by atoms with Crippen molar-refractivity contribution in [3.8, 4) is 17.2 Å². The Labute approximate surface area is 327 Å². The van der Waals surface area contributed by atoms with Crippen LogP contribution in [-0.2, 0) is 53.2 Å². The zero-order valence-corrected chi connectivity index (χ0v) is 32.8. The van der Waals surface area contributed by atoms with Gasteiger partial charge in [0.1, 0.15) is 54.8 Å². The molecule has 3 aromatic carbocycles. The van der Waals surface area contributed by atoms with Crippen LogP contribution in [0.25, 0.3) is 0 Å². The van der Waals surface area contributed by atoms with Crippen LogP contribution in [0.5, 0.6) is 17.2 Å². The number of rotatable bonds is 21. The van der Waals surface area contributed by atoms with Crippen molar-refractivity contribution in [2.45, 2.75) is 90.4 Å². The van der Waals surface area contributed by atoms with Crippen molar-refractivity contribution in [2.75, 3.05) is 27.9 Å². The highest BCUT2D eigenvalue weighted by Crippen LogP contribution is 2.16. The summed E-state index contributed by atoms with van der Waals surface area (Å²) in [6, 6.07) is 17.6. The predicted octanol–water partition coefficient (Wildman–Crippen LogP) is 5.75. The number of amides is 3. The van der Waals surface area contributed by atoms with Crippen molar-refractivity contribution in [1.82, 2.24) is 16.0 Å². The number of methoxy groups -OCH3 is 3. The first-order chi connectivity index (χ1) is 26.8. The lowest BCUT2D eigenvalue weighted by atomic mass is 10.1. The summed E-state index contributed by atoms with van der Waals surface area (Å²) in [5.74, 6) is -0.193. The third kappa shape index (κ3) is 17.0. The van der Waals surface area contributed by atoms with Gasteiger partial charge in [-0.3, -0.25) is 4.79 Å². The van der Waals surface area contributed by atoms with E-state index >= 15 is 0 Å². The molecule has 15 nitrogen and oxygen atoms in total. The van der Waals surface area contributed by atoms with Gasteiger partial charge < -0.3 is 49.1 Å². The van der Waals surface area contributed by atoms with Crippen LogP contribution in [-0.4, -0.2) is 75.6 Å². The Balaban J connectivity index is 1.66. The first-order valence-corrected chi connectivity index (χ1v) is 18.2. The van der Waals surface area contributed by atoms with Crippen LogP contribution in [0, 0.1) is 0 Å². The highest BCUT2D eigenvalue weighted by molar-refractivity contribution is 5.87. The molecule has 0 saturated heterocycles. The summed E-state index contributed by atoms with van der Waals surface area (Å²) in [5.41, 5.74) is 1.44. The molecule has 304 valence electrons. The fourth-order valence-corrected chi connectivity index (χ4v) is 5.01. The molecule has 15 heteroatoms. The molecule has 0 fully saturated rings. The van der Waals surface area contributed by atoms with E-state index in [0.29, 0.717) is 41.2 Å². The van der Waals surface area contributed by atoms with Gasteiger partial charge in [0.15, 0.2) is 0 Å². The lowest BCUT2D eigenvalue weighted by Gasteiger charge is -2.22. The third-order valence-corrected chi connectivity index (χ3v) is 8.04. The Bertz CT molecular complexity index is 1690. The van der Waals surface area contributed by atoms with Gasteiger partial charge in [0.2, 0.25) is 0 Å². The van der Waals surface area contributed by atoms with Gasteiger partial charge in [-0.25, -0.2) is 19.2 Å². The Morgan fingerprint density at radius 1 is 0.571 bits per heavy atom. The van der Waals surface area contributed by atoms with Crippen LogP contribution in [0.1, 0.15) is 69.6 Å². The number of unbranched alkanes of at least 4 members (excludes halogenated alkanes) is 1. The van der Waals surface area contributed by atoms with Crippen molar-refractivity contribution in [1.29, 1.82) is 0 Å². The van der Waals surface area contributed by atoms with Gasteiger partial charge in [-0.2, -0.15) is 0 Å². The number of urea groups is 1. The number of alkyl carbamates (subject to hydrolysis) is 1. The number of nitrogens with one attached hydrogen (secondary N) is 3. The molecule has 3 amide bonds. The largest absolute Gasteiger partial charge is 0.497 e. The van der Waals surface area contributed by atoms with Gasteiger partial charge in [-0.1, -0.05) is 36.4 Å². The minimum absolute atomic E-state index is 0.00304. The van der Waals surface area contributed by atoms with Crippen molar-refractivity contribution >= 4 is 30.0 Å². The average Bonchev–Trinajstić information content (AvgIpc) is 3.19. The van der Waals surface area contributed by atoms with Gasteiger partial charge in [-0.05, 0) is 99.5 Å². The van der Waals surface area contributed by atoms with E-state index in [0.717, 1.165) is 5.56 Å². The maximum atomic E-state index is 13.4. The molecule has 2 atom stereocenters. The molecule has 0 saturated carbocycles. The predicted molar refractivity (Wildman–Crippen MR) is 205 cm³/mol. The van der Waals surface area contributed by atoms with Gasteiger partial charge in [0.25, 0.3) is 0 Å². The second-order valence-corrected chi connectivity index (χ2v) is 13.6. The molecule has 0 heterocycles. The van der Waals surface area contributed by atoms with E-state index < -0.39 is 47.7 Å². The zero-order valence-electron chi connectivity index (χ0n) is 32.8. The summed E-state index contributed by atoms with van der Waals surface area (Å²) in [7, 11) is 4.63. The molecule has 1 unspecified atom stereocenters. The standard InChI is InChI=1S/C41H53N3O12/c1-41(2,3)56-40(49)42-24-8-7-9-34(37(46)54-26-29-12-18-32(51-5)19-13-29)43-39(48)44-35(38(47)55-27-30-14-20-33(52-6)21-15-30)22-23-36(45)53-25-28-10-16-31(50-4)17-11-28/h10-21,34-35H,7-9,22-27H2,1-6H3,(H,42,49)(H2,43,44,48)/t34-,35?/m1/s1. The number of hydrogen-bond donors (Lipinski definition) is 3. The van der Waals surface area contributed by atoms with E-state index in [1.807, 2.05) is 0 Å². The number of benzene rings is 3. The smallest absolute Gasteiger partial charge is 0.407 e. The van der Waals surface area contributed by atoms with E-state index in [9.17, 15) is 24.0 Å². The van der Waals surface area contributed by atoms with Crippen LogP contribution in [0.4, 0.5) is 9.59 Å². The maximum absolute atomic E-state index is 13.4. The van der Waals surface area contributed by atoms with Gasteiger partial charge in [-0.15, -0.1) is 0 Å². The Morgan fingerprint density at radius 2 is 0.982 bits per heavy atom. The molecular formula is C41H53N3O12. The quantitative estimate of drug-likeness (QED) is 0.0676. The van der Waals surface area contributed by atoms with Crippen LogP contribution in [0.15, 0.2) is 72.8 Å². The molecule has 3 rings (SSSR count). The van der Waals surface area contributed by atoms with E-state index in [1.54, 1.807) is 108 Å². The number of carbonyl (C=O) groups is 5. The topological polar surface area (TPSA) is 186 Å². The highest BCUT2D eigenvalue weighted by Gasteiger charge is 2.28. The van der Waals surface area contributed by atoms with E-state index in [1.165, 1.54) is 7.11 Å². The molecule has 0 aliphatic rings. The first kappa shape index (κ1) is 44.4. The van der Waals surface area contributed by atoms with Gasteiger partial charge in [0, 0.05) is 13.0 Å². The summed E-state index contributed by atoms with van der Waals surface area (Å²) in [4.78, 5) is 64.8. The van der Waals surface area contributed by atoms with Crippen molar-refractivity contribution in [3.63, 3.8) is 0 Å². The molecule has 0 radical (unpaired) electrons. The number of hydrogen-bond acceptors (Lipinski definition) is 12. The average molecular weight is 780 g/mol. The van der Waals surface area contributed by atoms with E-state index in [4.69, 9.17) is 33.2 Å². The van der Waals surface area contributed by atoms with Crippen LogP contribution < -0.4 is 30.2 Å². The normalized spacial score (nSPS) is 11.9. The summed E-state index contributed by atoms with van der Waals surface area (Å²) in [6.07, 6.45) is 0.0700. The van der Waals surface area contributed by atoms with Gasteiger partial charge in [0.05, 0.1) is 21.3 Å². The fraction of sp³-hybridized carbons (Fsp3) is 0.439. The van der Waals surface area contributed by atoms with E-state index in [2.05, 4.69) is 16.0 Å². The maximum Gasteiger partial charge on any atom is 0.407 e. The minimum atomic E-state index is -1.28. The summed E-state index contributed by atoms with van der Waals surface area (Å²) in [5, 5.41) is 7.84. The lowest BCUT2D eigenvalue weighted by molar-refractivity contribution is -0.149. The number of carbonyl (C=O) groups excluding carboxylic acids is 5. The lowest BCUT2D eigenvalue weighted by Crippen LogP contribution is -2.51.